The van der Waals surface area contributed by atoms with E-state index in [9.17, 15) is 4.79 Å². The van der Waals surface area contributed by atoms with Gasteiger partial charge in [0.25, 0.3) is 0 Å². The van der Waals surface area contributed by atoms with Crippen LogP contribution in [0.1, 0.15) is 5.56 Å². The number of rotatable bonds is 5. The molecule has 1 saturated heterocycles. The van der Waals surface area contributed by atoms with Gasteiger partial charge in [-0.1, -0.05) is 42.5 Å². The molecule has 0 bridgehead atoms. The van der Waals surface area contributed by atoms with Gasteiger partial charge in [0.15, 0.2) is 0 Å². The molecule has 5 heteroatoms. The fourth-order valence-corrected chi connectivity index (χ4v) is 3.18. The van der Waals surface area contributed by atoms with Gasteiger partial charge in [-0.25, -0.2) is 4.79 Å². The second kappa shape index (κ2) is 6.81. The Balaban J connectivity index is 1.41. The van der Waals surface area contributed by atoms with Crippen molar-refractivity contribution in [2.75, 3.05) is 24.5 Å². The van der Waals surface area contributed by atoms with Crippen molar-refractivity contribution in [3.05, 3.63) is 72.6 Å². The molecule has 3 aromatic rings. The molecule has 0 unspecified atom stereocenters. The van der Waals surface area contributed by atoms with Gasteiger partial charge in [-0.05, 0) is 29.7 Å². The normalized spacial score (nSPS) is 14.3. The molecule has 126 valence electrons. The van der Waals surface area contributed by atoms with Crippen LogP contribution in [0.15, 0.2) is 67.0 Å². The second-order valence-electron chi connectivity index (χ2n) is 6.19. The first-order valence-corrected chi connectivity index (χ1v) is 8.51. The molecule has 1 aliphatic heterocycles. The van der Waals surface area contributed by atoms with E-state index >= 15 is 0 Å². The summed E-state index contributed by atoms with van der Waals surface area (Å²) in [5.74, 6) is 0. The Morgan fingerprint density at radius 1 is 0.960 bits per heavy atom. The first-order valence-electron chi connectivity index (χ1n) is 8.51. The molecule has 1 aromatic heterocycles. The van der Waals surface area contributed by atoms with Crippen molar-refractivity contribution >= 4 is 11.7 Å². The molecule has 0 radical (unpaired) electrons. The van der Waals surface area contributed by atoms with Gasteiger partial charge in [0.2, 0.25) is 0 Å². The Morgan fingerprint density at radius 2 is 1.76 bits per heavy atom. The number of aromatic nitrogens is 2. The fraction of sp³-hybridized carbons (Fsp3) is 0.200. The number of benzene rings is 2. The van der Waals surface area contributed by atoms with Crippen molar-refractivity contribution < 1.29 is 4.79 Å². The standard InChI is InChI=1S/C20H20N4O/c25-20-23(11-10-16-4-2-1-3-5-16)12-13-24(20)19-8-6-17(7-9-19)18-14-21-22-15-18/h1-9,14-15H,10-13H2,(H,21,22). The van der Waals surface area contributed by atoms with Crippen LogP contribution in [-0.2, 0) is 6.42 Å². The number of carbonyl (C=O) groups is 1. The summed E-state index contributed by atoms with van der Waals surface area (Å²) in [5, 5.41) is 6.79. The lowest BCUT2D eigenvalue weighted by atomic mass is 10.1. The summed E-state index contributed by atoms with van der Waals surface area (Å²) in [7, 11) is 0. The van der Waals surface area contributed by atoms with Crippen molar-refractivity contribution in [3.63, 3.8) is 0 Å². The molecule has 1 aliphatic rings. The van der Waals surface area contributed by atoms with Gasteiger partial charge in [0.1, 0.15) is 0 Å². The van der Waals surface area contributed by atoms with Gasteiger partial charge < -0.3 is 4.90 Å². The van der Waals surface area contributed by atoms with Crippen LogP contribution in [0.2, 0.25) is 0 Å². The Morgan fingerprint density at radius 3 is 2.48 bits per heavy atom. The van der Waals surface area contributed by atoms with Crippen LogP contribution in [0.4, 0.5) is 10.5 Å². The Kier molecular flexibility index (Phi) is 4.21. The zero-order valence-electron chi connectivity index (χ0n) is 13.9. The maximum atomic E-state index is 12.7. The summed E-state index contributed by atoms with van der Waals surface area (Å²) in [6.45, 7) is 2.26. The van der Waals surface area contributed by atoms with E-state index in [-0.39, 0.29) is 6.03 Å². The molecule has 1 N–H and O–H groups in total. The van der Waals surface area contributed by atoms with Crippen molar-refractivity contribution in [1.29, 1.82) is 0 Å². The van der Waals surface area contributed by atoms with E-state index in [2.05, 4.69) is 22.3 Å². The van der Waals surface area contributed by atoms with E-state index in [1.165, 1.54) is 5.56 Å². The molecule has 0 atom stereocenters. The number of hydrogen-bond acceptors (Lipinski definition) is 2. The van der Waals surface area contributed by atoms with E-state index in [0.29, 0.717) is 0 Å². The highest BCUT2D eigenvalue weighted by Gasteiger charge is 2.29. The quantitative estimate of drug-likeness (QED) is 0.777. The third kappa shape index (κ3) is 3.26. The minimum absolute atomic E-state index is 0.0898. The smallest absolute Gasteiger partial charge is 0.322 e. The van der Waals surface area contributed by atoms with Crippen LogP contribution in [0, 0.1) is 0 Å². The van der Waals surface area contributed by atoms with E-state index in [4.69, 9.17) is 0 Å². The first kappa shape index (κ1) is 15.4. The predicted molar refractivity (Wildman–Crippen MR) is 98.5 cm³/mol. The molecule has 1 fully saturated rings. The zero-order valence-corrected chi connectivity index (χ0v) is 13.9. The van der Waals surface area contributed by atoms with Crippen molar-refractivity contribution in [2.45, 2.75) is 6.42 Å². The summed E-state index contributed by atoms with van der Waals surface area (Å²) in [6, 6.07) is 18.4. The molecule has 0 aliphatic carbocycles. The predicted octanol–water partition coefficient (Wildman–Crippen LogP) is 3.56. The average molecular weight is 332 g/mol. The lowest BCUT2D eigenvalue weighted by molar-refractivity contribution is 0.221. The number of nitrogens with one attached hydrogen (secondary N) is 1. The van der Waals surface area contributed by atoms with Crippen LogP contribution < -0.4 is 4.90 Å². The van der Waals surface area contributed by atoms with Crippen molar-refractivity contribution in [1.82, 2.24) is 15.1 Å². The number of hydrogen-bond donors (Lipinski definition) is 1. The van der Waals surface area contributed by atoms with Crippen LogP contribution in [-0.4, -0.2) is 40.8 Å². The highest BCUT2D eigenvalue weighted by molar-refractivity contribution is 5.94. The van der Waals surface area contributed by atoms with E-state index in [1.807, 2.05) is 58.5 Å². The Hall–Kier alpha value is -3.08. The number of carbonyl (C=O) groups excluding carboxylic acids is 1. The van der Waals surface area contributed by atoms with E-state index < -0.39 is 0 Å². The number of amides is 2. The highest BCUT2D eigenvalue weighted by Crippen LogP contribution is 2.25. The molecule has 2 aromatic carbocycles. The number of urea groups is 1. The van der Waals surface area contributed by atoms with Gasteiger partial charge in [0.05, 0.1) is 6.20 Å². The number of H-pyrrole nitrogens is 1. The molecule has 2 heterocycles. The van der Waals surface area contributed by atoms with E-state index in [1.54, 1.807) is 6.20 Å². The number of anilines is 1. The first-order chi connectivity index (χ1) is 12.3. The molecule has 4 rings (SSSR count). The molecule has 0 spiro atoms. The van der Waals surface area contributed by atoms with Gasteiger partial charge in [-0.2, -0.15) is 5.10 Å². The molecule has 5 nitrogen and oxygen atoms in total. The maximum Gasteiger partial charge on any atom is 0.324 e. The highest BCUT2D eigenvalue weighted by atomic mass is 16.2. The topological polar surface area (TPSA) is 52.2 Å². The average Bonchev–Trinajstić information content (AvgIpc) is 3.31. The van der Waals surface area contributed by atoms with Gasteiger partial charge in [-0.15, -0.1) is 0 Å². The molecule has 25 heavy (non-hydrogen) atoms. The summed E-state index contributed by atoms with van der Waals surface area (Å²) < 4.78 is 0. The Bertz CT molecular complexity index is 828. The number of nitrogens with zero attached hydrogens (tertiary/aromatic N) is 3. The third-order valence-corrected chi connectivity index (χ3v) is 4.62. The zero-order chi connectivity index (χ0) is 17.1. The Labute approximate surface area is 146 Å². The van der Waals surface area contributed by atoms with E-state index in [0.717, 1.165) is 42.9 Å². The molecule has 2 amide bonds. The largest absolute Gasteiger partial charge is 0.324 e. The van der Waals surface area contributed by atoms with Crippen LogP contribution in [0.25, 0.3) is 11.1 Å². The summed E-state index contributed by atoms with van der Waals surface area (Å²) in [6.07, 6.45) is 4.54. The van der Waals surface area contributed by atoms with Gasteiger partial charge in [0, 0.05) is 37.1 Å². The number of aromatic amines is 1. The third-order valence-electron chi connectivity index (χ3n) is 4.62. The second-order valence-corrected chi connectivity index (χ2v) is 6.19. The summed E-state index contributed by atoms with van der Waals surface area (Å²) in [4.78, 5) is 16.5. The lowest BCUT2D eigenvalue weighted by Crippen LogP contribution is -2.33. The van der Waals surface area contributed by atoms with Crippen molar-refractivity contribution in [3.8, 4) is 11.1 Å². The van der Waals surface area contributed by atoms with Crippen LogP contribution in [0.5, 0.6) is 0 Å². The summed E-state index contributed by atoms with van der Waals surface area (Å²) in [5.41, 5.74) is 4.34. The van der Waals surface area contributed by atoms with Crippen LogP contribution in [0.3, 0.4) is 0 Å². The lowest BCUT2D eigenvalue weighted by Gasteiger charge is -2.19. The minimum atomic E-state index is 0.0898. The minimum Gasteiger partial charge on any atom is -0.322 e. The monoisotopic (exact) mass is 332 g/mol. The molecular weight excluding hydrogens is 312 g/mol. The van der Waals surface area contributed by atoms with Gasteiger partial charge in [-0.3, -0.25) is 10.00 Å². The molecule has 0 saturated carbocycles. The SMILES string of the molecule is O=C1N(CCc2ccccc2)CCN1c1ccc(-c2cn[nH]c2)cc1. The molecular formula is C20H20N4O. The van der Waals surface area contributed by atoms with Crippen molar-refractivity contribution in [2.24, 2.45) is 0 Å². The maximum absolute atomic E-state index is 12.7. The summed E-state index contributed by atoms with van der Waals surface area (Å²) >= 11 is 0. The van der Waals surface area contributed by atoms with Gasteiger partial charge >= 0.3 is 6.03 Å². The van der Waals surface area contributed by atoms with Crippen LogP contribution >= 0.6 is 0 Å². The fourth-order valence-electron chi connectivity index (χ4n) is 3.18.